The minimum Gasteiger partial charge on any atom is -0.399 e. The molecule has 1 rings (SSSR count). The predicted molar refractivity (Wildman–Crippen MR) is 84.7 cm³/mol. The van der Waals surface area contributed by atoms with Gasteiger partial charge in [-0.2, -0.15) is 0 Å². The molecule has 1 aromatic carbocycles. The van der Waals surface area contributed by atoms with Crippen LogP contribution in [0.2, 0.25) is 10.0 Å². The highest BCUT2D eigenvalue weighted by Crippen LogP contribution is 2.32. The first-order valence-electron chi connectivity index (χ1n) is 6.49. The van der Waals surface area contributed by atoms with Gasteiger partial charge in [-0.15, -0.1) is 0 Å². The maximum Gasteiger partial charge on any atom is 0.243 e. The number of hydrogen-bond acceptors (Lipinski definition) is 3. The predicted octanol–water partition coefficient (Wildman–Crippen LogP) is 3.68. The van der Waals surface area contributed by atoms with Crippen molar-refractivity contribution in [3.8, 4) is 0 Å². The second-order valence-electron chi connectivity index (χ2n) is 4.80. The highest BCUT2D eigenvalue weighted by atomic mass is 35.5. The van der Waals surface area contributed by atoms with E-state index in [0.717, 1.165) is 12.8 Å². The molecular weight excluding hydrogens is 319 g/mol. The maximum absolute atomic E-state index is 12.4. The van der Waals surface area contributed by atoms with Gasteiger partial charge in [0.15, 0.2) is 0 Å². The van der Waals surface area contributed by atoms with Gasteiger partial charge in [0.1, 0.15) is 4.90 Å². The summed E-state index contributed by atoms with van der Waals surface area (Å²) in [5.74, 6) is 0.260. The molecule has 0 amide bonds. The van der Waals surface area contributed by atoms with Gasteiger partial charge in [-0.05, 0) is 25.0 Å². The second kappa shape index (κ2) is 6.98. The molecule has 20 heavy (non-hydrogen) atoms. The SMILES string of the molecule is CCC(CC)C(C)NS(=O)(=O)c1c(Cl)cc(N)cc1Cl. The third-order valence-electron chi connectivity index (χ3n) is 3.39. The highest BCUT2D eigenvalue weighted by molar-refractivity contribution is 7.89. The summed E-state index contributed by atoms with van der Waals surface area (Å²) in [6, 6.07) is 2.56. The molecule has 0 spiro atoms. The fraction of sp³-hybridized carbons (Fsp3) is 0.538. The summed E-state index contributed by atoms with van der Waals surface area (Å²) < 4.78 is 27.5. The molecule has 0 heterocycles. The van der Waals surface area contributed by atoms with E-state index in [1.54, 1.807) is 0 Å². The summed E-state index contributed by atoms with van der Waals surface area (Å²) in [7, 11) is -3.77. The van der Waals surface area contributed by atoms with Crippen molar-refractivity contribution in [2.24, 2.45) is 5.92 Å². The number of nitrogens with one attached hydrogen (secondary N) is 1. The van der Waals surface area contributed by atoms with Crippen LogP contribution in [0.25, 0.3) is 0 Å². The first-order valence-corrected chi connectivity index (χ1v) is 8.73. The second-order valence-corrected chi connectivity index (χ2v) is 7.27. The van der Waals surface area contributed by atoms with E-state index >= 15 is 0 Å². The van der Waals surface area contributed by atoms with Crippen LogP contribution in [-0.2, 0) is 10.0 Å². The zero-order valence-corrected chi connectivity index (χ0v) is 14.1. The van der Waals surface area contributed by atoms with Crippen LogP contribution < -0.4 is 10.5 Å². The van der Waals surface area contributed by atoms with Gasteiger partial charge in [0.05, 0.1) is 10.0 Å². The topological polar surface area (TPSA) is 72.2 Å². The van der Waals surface area contributed by atoms with Crippen LogP contribution in [0.15, 0.2) is 17.0 Å². The van der Waals surface area contributed by atoms with E-state index < -0.39 is 10.0 Å². The van der Waals surface area contributed by atoms with Crippen molar-refractivity contribution in [1.82, 2.24) is 4.72 Å². The van der Waals surface area contributed by atoms with E-state index in [1.807, 2.05) is 20.8 Å². The number of halogens is 2. The minimum absolute atomic E-state index is 0.0271. The average Bonchev–Trinajstić information content (AvgIpc) is 2.27. The van der Waals surface area contributed by atoms with Crippen molar-refractivity contribution < 1.29 is 8.42 Å². The molecule has 114 valence electrons. The van der Waals surface area contributed by atoms with Gasteiger partial charge in [-0.1, -0.05) is 49.9 Å². The summed E-state index contributed by atoms with van der Waals surface area (Å²) >= 11 is 11.9. The molecule has 0 aliphatic rings. The third-order valence-corrected chi connectivity index (χ3v) is 5.87. The van der Waals surface area contributed by atoms with Crippen LogP contribution in [0.5, 0.6) is 0 Å². The Bertz CT molecular complexity index is 549. The molecule has 0 fully saturated rings. The molecule has 7 heteroatoms. The van der Waals surface area contributed by atoms with Gasteiger partial charge < -0.3 is 5.73 Å². The maximum atomic E-state index is 12.4. The quantitative estimate of drug-likeness (QED) is 0.777. The van der Waals surface area contributed by atoms with E-state index in [1.165, 1.54) is 12.1 Å². The molecule has 3 N–H and O–H groups in total. The monoisotopic (exact) mass is 338 g/mol. The van der Waals surface area contributed by atoms with Crippen LogP contribution in [0.3, 0.4) is 0 Å². The number of benzene rings is 1. The van der Waals surface area contributed by atoms with Crippen LogP contribution in [-0.4, -0.2) is 14.5 Å². The number of nitrogens with two attached hydrogens (primary N) is 1. The lowest BCUT2D eigenvalue weighted by Gasteiger charge is -2.23. The molecule has 1 aromatic rings. The van der Waals surface area contributed by atoms with Gasteiger partial charge in [-0.25, -0.2) is 13.1 Å². The lowest BCUT2D eigenvalue weighted by Crippen LogP contribution is -2.38. The molecule has 0 saturated carbocycles. The highest BCUT2D eigenvalue weighted by Gasteiger charge is 2.26. The number of rotatable bonds is 6. The average molecular weight is 339 g/mol. The van der Waals surface area contributed by atoms with Crippen molar-refractivity contribution >= 4 is 38.9 Å². The number of nitrogen functional groups attached to an aromatic ring is 1. The van der Waals surface area contributed by atoms with E-state index in [-0.39, 0.29) is 26.9 Å². The molecule has 0 aliphatic heterocycles. The van der Waals surface area contributed by atoms with Crippen LogP contribution >= 0.6 is 23.2 Å². The molecule has 1 atom stereocenters. The van der Waals surface area contributed by atoms with E-state index in [0.29, 0.717) is 5.69 Å². The van der Waals surface area contributed by atoms with Crippen molar-refractivity contribution in [3.05, 3.63) is 22.2 Å². The Hall–Kier alpha value is -0.490. The fourth-order valence-corrected chi connectivity index (χ4v) is 4.78. The Morgan fingerprint density at radius 1 is 1.20 bits per heavy atom. The molecule has 1 unspecified atom stereocenters. The van der Waals surface area contributed by atoms with Crippen molar-refractivity contribution in [3.63, 3.8) is 0 Å². The molecule has 0 saturated heterocycles. The molecule has 0 bridgehead atoms. The van der Waals surface area contributed by atoms with Gasteiger partial charge >= 0.3 is 0 Å². The summed E-state index contributed by atoms with van der Waals surface area (Å²) in [5, 5.41) is 0.0542. The summed E-state index contributed by atoms with van der Waals surface area (Å²) in [4.78, 5) is -0.118. The molecular formula is C13H20Cl2N2O2S. The smallest absolute Gasteiger partial charge is 0.243 e. The largest absolute Gasteiger partial charge is 0.399 e. The van der Waals surface area contributed by atoms with Crippen molar-refractivity contribution in [1.29, 1.82) is 0 Å². The van der Waals surface area contributed by atoms with E-state index in [9.17, 15) is 8.42 Å². The van der Waals surface area contributed by atoms with Gasteiger partial charge in [-0.3, -0.25) is 0 Å². The Morgan fingerprint density at radius 3 is 2.05 bits per heavy atom. The Labute approximate surface area is 130 Å². The van der Waals surface area contributed by atoms with Gasteiger partial charge in [0, 0.05) is 11.7 Å². The first-order chi connectivity index (χ1) is 9.22. The first kappa shape index (κ1) is 17.6. The fourth-order valence-electron chi connectivity index (χ4n) is 2.23. The van der Waals surface area contributed by atoms with Crippen LogP contribution in [0, 0.1) is 5.92 Å². The van der Waals surface area contributed by atoms with Gasteiger partial charge in [0.2, 0.25) is 10.0 Å². The number of hydrogen-bond donors (Lipinski definition) is 2. The lowest BCUT2D eigenvalue weighted by atomic mass is 9.96. The Balaban J connectivity index is 3.12. The van der Waals surface area contributed by atoms with Crippen molar-refractivity contribution in [2.75, 3.05) is 5.73 Å². The summed E-state index contributed by atoms with van der Waals surface area (Å²) in [6.07, 6.45) is 1.78. The Morgan fingerprint density at radius 2 is 1.65 bits per heavy atom. The zero-order valence-electron chi connectivity index (χ0n) is 11.8. The summed E-state index contributed by atoms with van der Waals surface area (Å²) in [6.45, 7) is 5.90. The molecule has 0 aromatic heterocycles. The number of anilines is 1. The summed E-state index contributed by atoms with van der Waals surface area (Å²) in [5.41, 5.74) is 5.91. The van der Waals surface area contributed by atoms with E-state index in [2.05, 4.69) is 4.72 Å². The van der Waals surface area contributed by atoms with E-state index in [4.69, 9.17) is 28.9 Å². The van der Waals surface area contributed by atoms with Crippen molar-refractivity contribution in [2.45, 2.75) is 44.6 Å². The molecule has 0 radical (unpaired) electrons. The lowest BCUT2D eigenvalue weighted by molar-refractivity contribution is 0.391. The normalized spacial score (nSPS) is 13.7. The zero-order chi connectivity index (χ0) is 15.5. The Kier molecular flexibility index (Phi) is 6.13. The molecule has 4 nitrogen and oxygen atoms in total. The standard InChI is InChI=1S/C13H20Cl2N2O2S/c1-4-9(5-2)8(3)17-20(18,19)13-11(14)6-10(16)7-12(13)15/h6-9,17H,4-5,16H2,1-3H3. The number of sulfonamides is 1. The van der Waals surface area contributed by atoms with Crippen LogP contribution in [0.4, 0.5) is 5.69 Å². The van der Waals surface area contributed by atoms with Crippen LogP contribution in [0.1, 0.15) is 33.6 Å². The minimum atomic E-state index is -3.77. The third kappa shape index (κ3) is 4.01. The van der Waals surface area contributed by atoms with Gasteiger partial charge in [0.25, 0.3) is 0 Å². The molecule has 0 aliphatic carbocycles.